The van der Waals surface area contributed by atoms with Crippen molar-refractivity contribution in [1.29, 1.82) is 0 Å². The van der Waals surface area contributed by atoms with Crippen LogP contribution in [0.2, 0.25) is 0 Å². The fourth-order valence-electron chi connectivity index (χ4n) is 1.52. The number of thiazole rings is 1. The monoisotopic (exact) mass is 174 g/mol. The topological polar surface area (TPSA) is 25.2 Å². The predicted molar refractivity (Wildman–Crippen MR) is 50.4 cm³/mol. The molecule has 3 heteroatoms. The molecule has 0 aromatic carbocycles. The van der Waals surface area contributed by atoms with Crippen molar-refractivity contribution in [2.45, 2.75) is 6.42 Å². The van der Waals surface area contributed by atoms with E-state index in [9.17, 15) is 0 Å². The van der Waals surface area contributed by atoms with Crippen LogP contribution in [0.5, 0.6) is 0 Å². The molecule has 0 unspecified atom stereocenters. The van der Waals surface area contributed by atoms with Gasteiger partial charge in [-0.25, -0.2) is 4.98 Å². The first-order valence-corrected chi connectivity index (χ1v) is 4.69. The van der Waals surface area contributed by atoms with Gasteiger partial charge >= 0.3 is 0 Å². The van der Waals surface area contributed by atoms with Crippen molar-refractivity contribution in [3.05, 3.63) is 27.7 Å². The average molecular weight is 174 g/mol. The van der Waals surface area contributed by atoms with E-state index in [1.807, 2.05) is 11.7 Å². The third kappa shape index (κ3) is 0.741. The smallest absolute Gasteiger partial charge is 0.0833 e. The number of fused-ring (bicyclic) bond motifs is 3. The summed E-state index contributed by atoms with van der Waals surface area (Å²) in [5.74, 6) is 0. The molecular weight excluding hydrogens is 168 g/mol. The van der Waals surface area contributed by atoms with Crippen molar-refractivity contribution in [2.24, 2.45) is 4.99 Å². The zero-order valence-electron chi connectivity index (χ0n) is 6.32. The maximum absolute atomic E-state index is 4.27. The van der Waals surface area contributed by atoms with Crippen molar-refractivity contribution in [2.75, 3.05) is 0 Å². The van der Waals surface area contributed by atoms with Gasteiger partial charge in [-0.2, -0.15) is 0 Å². The van der Waals surface area contributed by atoms with Crippen molar-refractivity contribution < 1.29 is 0 Å². The molecule has 2 nitrogen and oxygen atoms in total. The average Bonchev–Trinajstić information content (AvgIpc) is 2.53. The Bertz CT molecular complexity index is 505. The fraction of sp³-hybridized carbons (Fsp3) is 0.111. The minimum absolute atomic E-state index is 0.978. The Labute approximate surface area is 73.3 Å². The number of nitrogens with zero attached hydrogens (tertiary/aromatic N) is 2. The molecule has 58 valence electrons. The minimum atomic E-state index is 0.978. The molecule has 1 aromatic heterocycles. The van der Waals surface area contributed by atoms with Crippen LogP contribution in [0.25, 0.3) is 11.6 Å². The number of allylic oxidation sites excluding steroid dienone is 1. The third-order valence-corrected chi connectivity index (χ3v) is 3.00. The highest BCUT2D eigenvalue weighted by atomic mass is 32.1. The molecule has 12 heavy (non-hydrogen) atoms. The molecule has 0 N–H and O–H groups in total. The summed E-state index contributed by atoms with van der Waals surface area (Å²) in [4.78, 5) is 8.52. The molecule has 1 aliphatic carbocycles. The summed E-state index contributed by atoms with van der Waals surface area (Å²) in [7, 11) is 0. The molecule has 0 saturated carbocycles. The maximum Gasteiger partial charge on any atom is 0.0833 e. The van der Waals surface area contributed by atoms with E-state index < -0.39 is 0 Å². The highest BCUT2D eigenvalue weighted by Gasteiger charge is 2.10. The second kappa shape index (κ2) is 2.14. The van der Waals surface area contributed by atoms with Crippen LogP contribution in [0.1, 0.15) is 6.42 Å². The van der Waals surface area contributed by atoms with E-state index in [2.05, 4.69) is 22.1 Å². The summed E-state index contributed by atoms with van der Waals surface area (Å²) in [5.41, 5.74) is 4.38. The van der Waals surface area contributed by atoms with Crippen molar-refractivity contribution in [3.63, 3.8) is 0 Å². The highest BCUT2D eigenvalue weighted by Crippen LogP contribution is 2.13. The lowest BCUT2D eigenvalue weighted by molar-refractivity contribution is 1.27. The van der Waals surface area contributed by atoms with Gasteiger partial charge in [0.05, 0.1) is 15.4 Å². The normalized spacial score (nSPS) is 18.3. The van der Waals surface area contributed by atoms with Crippen molar-refractivity contribution in [1.82, 2.24) is 4.98 Å². The number of hydrogen-bond acceptors (Lipinski definition) is 3. The molecule has 2 bridgehead atoms. The van der Waals surface area contributed by atoms with Gasteiger partial charge in [-0.1, -0.05) is 0 Å². The first-order chi connectivity index (χ1) is 5.93. The molecule has 0 atom stereocenters. The first kappa shape index (κ1) is 6.31. The number of hydrogen-bond donors (Lipinski definition) is 0. The van der Waals surface area contributed by atoms with Crippen LogP contribution in [0.3, 0.4) is 0 Å². The Morgan fingerprint density at radius 2 is 2.42 bits per heavy atom. The highest BCUT2D eigenvalue weighted by molar-refractivity contribution is 7.07. The van der Waals surface area contributed by atoms with Gasteiger partial charge in [-0.15, -0.1) is 11.3 Å². The molecule has 2 aliphatic rings. The molecule has 1 aliphatic heterocycles. The standard InChI is InChI=1S/C9H6N2S/c1-2-10-7-3-6(1)9-8(4-7)11-5-12-9/h1-2,4-5H,3H2. The predicted octanol–water partition coefficient (Wildman–Crippen LogP) is 0.446. The van der Waals surface area contributed by atoms with Gasteiger partial charge in [0.2, 0.25) is 0 Å². The van der Waals surface area contributed by atoms with Gasteiger partial charge in [0, 0.05) is 18.3 Å². The molecule has 1 aromatic rings. The van der Waals surface area contributed by atoms with Crippen LogP contribution in [0.15, 0.2) is 22.8 Å². The summed E-state index contributed by atoms with van der Waals surface area (Å²) in [6.07, 6.45) is 6.99. The molecule has 0 fully saturated rings. The Morgan fingerprint density at radius 1 is 1.42 bits per heavy atom. The summed E-state index contributed by atoms with van der Waals surface area (Å²) in [6.45, 7) is 0. The van der Waals surface area contributed by atoms with Crippen molar-refractivity contribution >= 4 is 28.7 Å². The third-order valence-electron chi connectivity index (χ3n) is 2.08. The summed E-state index contributed by atoms with van der Waals surface area (Å²) in [6, 6.07) is 0. The second-order valence-corrected chi connectivity index (χ2v) is 3.70. The van der Waals surface area contributed by atoms with E-state index in [-0.39, 0.29) is 0 Å². The fourth-order valence-corrected chi connectivity index (χ4v) is 2.32. The lowest BCUT2D eigenvalue weighted by atomic mass is 10.0. The van der Waals surface area contributed by atoms with Gasteiger partial charge in [0.15, 0.2) is 0 Å². The van der Waals surface area contributed by atoms with Gasteiger partial charge in [-0.3, -0.25) is 4.99 Å². The van der Waals surface area contributed by atoms with E-state index in [0.717, 1.165) is 17.5 Å². The van der Waals surface area contributed by atoms with Gasteiger partial charge in [0.25, 0.3) is 0 Å². The lowest BCUT2D eigenvalue weighted by Crippen LogP contribution is -2.29. The van der Waals surface area contributed by atoms with E-state index >= 15 is 0 Å². The van der Waals surface area contributed by atoms with Crippen LogP contribution in [-0.2, 0) is 0 Å². The summed E-state index contributed by atoms with van der Waals surface area (Å²) >= 11 is 1.71. The van der Waals surface area contributed by atoms with Gasteiger partial charge in [0.1, 0.15) is 0 Å². The zero-order valence-corrected chi connectivity index (χ0v) is 7.14. The largest absolute Gasteiger partial charge is 0.261 e. The van der Waals surface area contributed by atoms with Gasteiger partial charge in [-0.05, 0) is 17.7 Å². The maximum atomic E-state index is 4.27. The van der Waals surface area contributed by atoms with Crippen LogP contribution < -0.4 is 9.88 Å². The van der Waals surface area contributed by atoms with E-state index in [1.165, 1.54) is 10.1 Å². The SMILES string of the molecule is C1=CC2=c3scnc3=CC(=N1)C2. The summed E-state index contributed by atoms with van der Waals surface area (Å²) in [5, 5.41) is 1.09. The Kier molecular flexibility index (Phi) is 1.12. The Morgan fingerprint density at radius 3 is 3.42 bits per heavy atom. The minimum Gasteiger partial charge on any atom is -0.261 e. The van der Waals surface area contributed by atoms with Crippen LogP contribution in [-0.4, -0.2) is 10.7 Å². The van der Waals surface area contributed by atoms with E-state index in [1.54, 1.807) is 11.3 Å². The molecular formula is C9H6N2S. The second-order valence-electron chi connectivity index (χ2n) is 2.85. The Hall–Kier alpha value is -1.22. The number of aromatic nitrogens is 1. The summed E-state index contributed by atoms with van der Waals surface area (Å²) < 4.78 is 1.31. The van der Waals surface area contributed by atoms with E-state index in [4.69, 9.17) is 0 Å². The molecule has 0 radical (unpaired) electrons. The van der Waals surface area contributed by atoms with Crippen LogP contribution in [0, 0.1) is 0 Å². The molecule has 0 amide bonds. The van der Waals surface area contributed by atoms with Crippen LogP contribution in [0.4, 0.5) is 0 Å². The number of rotatable bonds is 0. The van der Waals surface area contributed by atoms with Crippen LogP contribution >= 0.6 is 11.3 Å². The molecule has 0 saturated heterocycles. The van der Waals surface area contributed by atoms with Gasteiger partial charge < -0.3 is 0 Å². The molecule has 0 spiro atoms. The first-order valence-electron chi connectivity index (χ1n) is 3.81. The molecule has 3 rings (SSSR count). The number of aliphatic imine (C=N–C) groups is 1. The lowest BCUT2D eigenvalue weighted by Gasteiger charge is -2.08. The van der Waals surface area contributed by atoms with Crippen molar-refractivity contribution in [3.8, 4) is 0 Å². The molecule has 2 heterocycles. The van der Waals surface area contributed by atoms with E-state index in [0.29, 0.717) is 0 Å². The quantitative estimate of drug-likeness (QED) is 0.560. The Balaban J connectivity index is 2.57. The zero-order chi connectivity index (χ0) is 7.97.